The fourth-order valence-electron chi connectivity index (χ4n) is 1.52. The number of hydrogen-bond acceptors (Lipinski definition) is 2. The number of H-pyrrole nitrogens is 1. The van der Waals surface area contributed by atoms with E-state index in [9.17, 15) is 4.79 Å². The van der Waals surface area contributed by atoms with Gasteiger partial charge >= 0.3 is 5.97 Å². The van der Waals surface area contributed by atoms with E-state index < -0.39 is 5.97 Å². The molecule has 15 heavy (non-hydrogen) atoms. The zero-order chi connectivity index (χ0) is 11.1. The van der Waals surface area contributed by atoms with Gasteiger partial charge in [0.15, 0.2) is 0 Å². The average Bonchev–Trinajstić information content (AvgIpc) is 2.57. The topological polar surface area (TPSA) is 66.0 Å². The SMILES string of the molecule is Cc1cnc(CCCCCCC(=O)O)[nH]1. The van der Waals surface area contributed by atoms with Crippen LogP contribution >= 0.6 is 0 Å². The molecule has 0 saturated heterocycles. The molecule has 0 fully saturated rings. The summed E-state index contributed by atoms with van der Waals surface area (Å²) in [4.78, 5) is 17.6. The fourth-order valence-corrected chi connectivity index (χ4v) is 1.52. The lowest BCUT2D eigenvalue weighted by atomic mass is 10.1. The predicted molar refractivity (Wildman–Crippen MR) is 57.7 cm³/mol. The number of imidazole rings is 1. The highest BCUT2D eigenvalue weighted by atomic mass is 16.4. The number of nitrogens with one attached hydrogen (secondary N) is 1. The molecule has 1 aromatic heterocycles. The number of aromatic amines is 1. The van der Waals surface area contributed by atoms with Crippen molar-refractivity contribution in [2.24, 2.45) is 0 Å². The third kappa shape index (κ3) is 5.20. The molecule has 84 valence electrons. The zero-order valence-corrected chi connectivity index (χ0v) is 9.12. The summed E-state index contributed by atoms with van der Waals surface area (Å²) in [5, 5.41) is 8.44. The van der Waals surface area contributed by atoms with Crippen LogP contribution in [-0.4, -0.2) is 21.0 Å². The molecular formula is C11H18N2O2. The van der Waals surface area contributed by atoms with Gasteiger partial charge in [-0.15, -0.1) is 0 Å². The Balaban J connectivity index is 2.00. The van der Waals surface area contributed by atoms with Crippen LogP contribution in [0.25, 0.3) is 0 Å². The number of carboxylic acid groups (broad SMARTS) is 1. The van der Waals surface area contributed by atoms with E-state index in [1.807, 2.05) is 13.1 Å². The largest absolute Gasteiger partial charge is 0.481 e. The molecule has 0 saturated carbocycles. The summed E-state index contributed by atoms with van der Waals surface area (Å²) in [6, 6.07) is 0. The van der Waals surface area contributed by atoms with Gasteiger partial charge in [0.25, 0.3) is 0 Å². The van der Waals surface area contributed by atoms with Gasteiger partial charge in [0.2, 0.25) is 0 Å². The van der Waals surface area contributed by atoms with Crippen molar-refractivity contribution in [2.75, 3.05) is 0 Å². The maximum atomic E-state index is 10.2. The molecule has 4 nitrogen and oxygen atoms in total. The normalized spacial score (nSPS) is 10.5. The number of carbonyl (C=O) groups is 1. The summed E-state index contributed by atoms with van der Waals surface area (Å²) in [6.07, 6.45) is 7.01. The fraction of sp³-hybridized carbons (Fsp3) is 0.636. The maximum absolute atomic E-state index is 10.2. The van der Waals surface area contributed by atoms with Crippen LogP contribution in [0, 0.1) is 6.92 Å². The Labute approximate surface area is 89.7 Å². The molecule has 0 amide bonds. The molecule has 1 heterocycles. The third-order valence-corrected chi connectivity index (χ3v) is 2.31. The number of nitrogens with zero attached hydrogens (tertiary/aromatic N) is 1. The van der Waals surface area contributed by atoms with E-state index in [2.05, 4.69) is 9.97 Å². The monoisotopic (exact) mass is 210 g/mol. The molecule has 0 spiro atoms. The Kier molecular flexibility index (Phi) is 4.87. The second-order valence-electron chi connectivity index (χ2n) is 3.82. The Hall–Kier alpha value is -1.32. The van der Waals surface area contributed by atoms with Crippen LogP contribution in [0.3, 0.4) is 0 Å². The molecular weight excluding hydrogens is 192 g/mol. The van der Waals surface area contributed by atoms with E-state index in [0.717, 1.165) is 43.6 Å². The van der Waals surface area contributed by atoms with Gasteiger partial charge in [-0.3, -0.25) is 4.79 Å². The third-order valence-electron chi connectivity index (χ3n) is 2.31. The summed E-state index contributed by atoms with van der Waals surface area (Å²) in [5.41, 5.74) is 1.09. The highest BCUT2D eigenvalue weighted by molar-refractivity contribution is 5.66. The Morgan fingerprint density at radius 1 is 1.40 bits per heavy atom. The van der Waals surface area contributed by atoms with Gasteiger partial charge in [-0.05, 0) is 19.8 Å². The molecule has 2 N–H and O–H groups in total. The minimum Gasteiger partial charge on any atom is -0.481 e. The number of carboxylic acids is 1. The molecule has 0 unspecified atom stereocenters. The highest BCUT2D eigenvalue weighted by Gasteiger charge is 1.99. The van der Waals surface area contributed by atoms with Crippen LogP contribution < -0.4 is 0 Å². The second-order valence-corrected chi connectivity index (χ2v) is 3.82. The van der Waals surface area contributed by atoms with Crippen molar-refractivity contribution in [1.29, 1.82) is 0 Å². The minimum atomic E-state index is -0.698. The van der Waals surface area contributed by atoms with Crippen LogP contribution in [0.5, 0.6) is 0 Å². The van der Waals surface area contributed by atoms with Gasteiger partial charge in [0, 0.05) is 24.7 Å². The Morgan fingerprint density at radius 3 is 2.73 bits per heavy atom. The minimum absolute atomic E-state index is 0.292. The Bertz CT molecular complexity index is 307. The molecule has 0 aliphatic carbocycles. The number of rotatable bonds is 7. The molecule has 0 bridgehead atoms. The summed E-state index contributed by atoms with van der Waals surface area (Å²) in [5.74, 6) is 0.336. The summed E-state index contributed by atoms with van der Waals surface area (Å²) in [6.45, 7) is 1.99. The number of aryl methyl sites for hydroxylation is 2. The van der Waals surface area contributed by atoms with Gasteiger partial charge in [0.1, 0.15) is 5.82 Å². The summed E-state index contributed by atoms with van der Waals surface area (Å²) >= 11 is 0. The predicted octanol–water partition coefficient (Wildman–Crippen LogP) is 2.30. The van der Waals surface area contributed by atoms with Crippen molar-refractivity contribution in [2.45, 2.75) is 45.4 Å². The first kappa shape index (κ1) is 11.8. The van der Waals surface area contributed by atoms with E-state index in [1.165, 1.54) is 0 Å². The molecule has 0 radical (unpaired) electrons. The van der Waals surface area contributed by atoms with E-state index in [-0.39, 0.29) is 0 Å². The van der Waals surface area contributed by atoms with Crippen LogP contribution in [0.4, 0.5) is 0 Å². The number of hydrogen-bond donors (Lipinski definition) is 2. The first-order valence-corrected chi connectivity index (χ1v) is 5.41. The number of aromatic nitrogens is 2. The Morgan fingerprint density at radius 2 is 2.13 bits per heavy atom. The van der Waals surface area contributed by atoms with Gasteiger partial charge in [-0.25, -0.2) is 4.98 Å². The van der Waals surface area contributed by atoms with Crippen LogP contribution in [0.1, 0.15) is 43.6 Å². The first-order valence-electron chi connectivity index (χ1n) is 5.41. The number of aliphatic carboxylic acids is 1. The smallest absolute Gasteiger partial charge is 0.303 e. The van der Waals surface area contributed by atoms with E-state index in [0.29, 0.717) is 6.42 Å². The van der Waals surface area contributed by atoms with Crippen molar-refractivity contribution in [3.63, 3.8) is 0 Å². The number of unbranched alkanes of at least 4 members (excludes halogenated alkanes) is 3. The van der Waals surface area contributed by atoms with Crippen molar-refractivity contribution in [1.82, 2.24) is 9.97 Å². The maximum Gasteiger partial charge on any atom is 0.303 e. The van der Waals surface area contributed by atoms with E-state index >= 15 is 0 Å². The molecule has 0 aliphatic rings. The van der Waals surface area contributed by atoms with Crippen molar-refractivity contribution in [3.05, 3.63) is 17.7 Å². The molecule has 0 atom stereocenters. The lowest BCUT2D eigenvalue weighted by Gasteiger charge is -1.98. The quantitative estimate of drug-likeness (QED) is 0.678. The molecule has 0 aromatic carbocycles. The lowest BCUT2D eigenvalue weighted by Crippen LogP contribution is -1.94. The van der Waals surface area contributed by atoms with E-state index in [4.69, 9.17) is 5.11 Å². The van der Waals surface area contributed by atoms with Crippen LogP contribution in [0.15, 0.2) is 6.20 Å². The van der Waals surface area contributed by atoms with Gasteiger partial charge in [-0.1, -0.05) is 12.8 Å². The van der Waals surface area contributed by atoms with Crippen LogP contribution in [0.2, 0.25) is 0 Å². The molecule has 1 aromatic rings. The lowest BCUT2D eigenvalue weighted by molar-refractivity contribution is -0.137. The molecule has 1 rings (SSSR count). The summed E-state index contributed by atoms with van der Waals surface area (Å²) < 4.78 is 0. The van der Waals surface area contributed by atoms with Gasteiger partial charge in [0.05, 0.1) is 0 Å². The van der Waals surface area contributed by atoms with Crippen molar-refractivity contribution in [3.8, 4) is 0 Å². The van der Waals surface area contributed by atoms with Crippen LogP contribution in [-0.2, 0) is 11.2 Å². The van der Waals surface area contributed by atoms with Crippen molar-refractivity contribution >= 4 is 5.97 Å². The van der Waals surface area contributed by atoms with Crippen molar-refractivity contribution < 1.29 is 9.90 Å². The molecule has 0 aliphatic heterocycles. The average molecular weight is 210 g/mol. The standard InChI is InChI=1S/C11H18N2O2/c1-9-8-12-10(13-9)6-4-2-3-5-7-11(14)15/h8H,2-7H2,1H3,(H,12,13)(H,14,15). The highest BCUT2D eigenvalue weighted by Crippen LogP contribution is 2.06. The van der Waals surface area contributed by atoms with Gasteiger partial charge < -0.3 is 10.1 Å². The zero-order valence-electron chi connectivity index (χ0n) is 9.12. The second kappa shape index (κ2) is 6.22. The first-order chi connectivity index (χ1) is 7.18. The summed E-state index contributed by atoms with van der Waals surface area (Å²) in [7, 11) is 0. The molecule has 4 heteroatoms. The van der Waals surface area contributed by atoms with Gasteiger partial charge in [-0.2, -0.15) is 0 Å². The van der Waals surface area contributed by atoms with E-state index in [1.54, 1.807) is 0 Å².